The lowest BCUT2D eigenvalue weighted by Crippen LogP contribution is -2.62. The minimum atomic E-state index is -0.387. The zero-order valence-corrected chi connectivity index (χ0v) is 13.8. The maximum atomic E-state index is 12.5. The lowest BCUT2D eigenvalue weighted by Gasteiger charge is -2.40. The number of ether oxygens (including phenoxy) is 1. The van der Waals surface area contributed by atoms with E-state index in [4.69, 9.17) is 4.74 Å². The monoisotopic (exact) mass is 329 g/mol. The zero-order valence-electron chi connectivity index (χ0n) is 13.8. The van der Waals surface area contributed by atoms with Gasteiger partial charge in [-0.25, -0.2) is 0 Å². The highest BCUT2D eigenvalue weighted by Crippen LogP contribution is 2.28. The minimum Gasteiger partial charge on any atom is -0.489 e. The van der Waals surface area contributed by atoms with Gasteiger partial charge in [-0.2, -0.15) is 0 Å². The normalized spacial score (nSPS) is 25.3. The molecular formula is C18H23N3O3. The summed E-state index contributed by atoms with van der Waals surface area (Å²) < 4.78 is 5.72. The molecule has 1 saturated heterocycles. The molecule has 3 rings (SSSR count). The van der Waals surface area contributed by atoms with E-state index in [1.54, 1.807) is 18.2 Å². The van der Waals surface area contributed by atoms with Crippen LogP contribution in [0, 0.1) is 5.41 Å². The van der Waals surface area contributed by atoms with Crippen molar-refractivity contribution in [1.82, 2.24) is 16.0 Å². The van der Waals surface area contributed by atoms with Crippen molar-refractivity contribution >= 4 is 11.8 Å². The summed E-state index contributed by atoms with van der Waals surface area (Å²) in [7, 11) is 0. The molecule has 1 atom stereocenters. The lowest BCUT2D eigenvalue weighted by atomic mass is 9.77. The average molecular weight is 329 g/mol. The number of allylic oxidation sites excluding steroid dienone is 1. The highest BCUT2D eigenvalue weighted by atomic mass is 16.5. The van der Waals surface area contributed by atoms with Crippen LogP contribution in [0.15, 0.2) is 36.4 Å². The van der Waals surface area contributed by atoms with Gasteiger partial charge in [-0.3, -0.25) is 9.59 Å². The van der Waals surface area contributed by atoms with Crippen LogP contribution in [0.3, 0.4) is 0 Å². The van der Waals surface area contributed by atoms with Crippen LogP contribution < -0.4 is 20.7 Å². The molecule has 128 valence electrons. The molecule has 2 amide bonds. The number of nitrogens with one attached hydrogen (secondary N) is 3. The number of fused-ring (bicyclic) bond motifs is 1. The Balaban J connectivity index is 1.80. The SMILES string of the molecule is C[C@H]1CNC(=O)C2(C/C=C/COc3ccccc3C(=O)N1)CNC2. The molecule has 0 saturated carbocycles. The number of carbonyl (C=O) groups is 2. The van der Waals surface area contributed by atoms with Crippen molar-refractivity contribution in [3.05, 3.63) is 42.0 Å². The lowest BCUT2D eigenvalue weighted by molar-refractivity contribution is -0.133. The first kappa shape index (κ1) is 16.5. The molecule has 3 N–H and O–H groups in total. The second-order valence-electron chi connectivity index (χ2n) is 6.45. The fourth-order valence-electron chi connectivity index (χ4n) is 2.91. The number of amides is 2. The van der Waals surface area contributed by atoms with Crippen LogP contribution in [0.2, 0.25) is 0 Å². The van der Waals surface area contributed by atoms with Crippen molar-refractivity contribution in [2.24, 2.45) is 5.41 Å². The van der Waals surface area contributed by atoms with Gasteiger partial charge in [0.25, 0.3) is 5.91 Å². The third kappa shape index (κ3) is 3.43. The fourth-order valence-corrected chi connectivity index (χ4v) is 2.91. The molecule has 24 heavy (non-hydrogen) atoms. The van der Waals surface area contributed by atoms with Gasteiger partial charge in [0.05, 0.1) is 11.0 Å². The second-order valence-corrected chi connectivity index (χ2v) is 6.45. The van der Waals surface area contributed by atoms with Crippen LogP contribution in [0.25, 0.3) is 0 Å². The number of benzene rings is 1. The topological polar surface area (TPSA) is 79.5 Å². The van der Waals surface area contributed by atoms with E-state index in [0.717, 1.165) is 0 Å². The zero-order chi connectivity index (χ0) is 17.0. The van der Waals surface area contributed by atoms with Crippen LogP contribution in [0.1, 0.15) is 23.7 Å². The van der Waals surface area contributed by atoms with Gasteiger partial charge in [-0.1, -0.05) is 24.3 Å². The Kier molecular flexibility index (Phi) is 4.85. The highest BCUT2D eigenvalue weighted by molar-refractivity contribution is 5.97. The van der Waals surface area contributed by atoms with Gasteiger partial charge in [-0.05, 0) is 25.5 Å². The molecule has 0 radical (unpaired) electrons. The summed E-state index contributed by atoms with van der Waals surface area (Å²) in [5.41, 5.74) is 0.114. The minimum absolute atomic E-state index is 0.0328. The Bertz CT molecular complexity index is 653. The molecule has 1 fully saturated rings. The summed E-state index contributed by atoms with van der Waals surface area (Å²) in [6, 6.07) is 7.01. The predicted molar refractivity (Wildman–Crippen MR) is 90.9 cm³/mol. The van der Waals surface area contributed by atoms with Crippen LogP contribution in [0.4, 0.5) is 0 Å². The molecule has 6 heteroatoms. The second kappa shape index (κ2) is 7.05. The summed E-state index contributed by atoms with van der Waals surface area (Å²) in [6.07, 6.45) is 4.56. The van der Waals surface area contributed by atoms with E-state index in [9.17, 15) is 9.59 Å². The molecule has 0 aromatic heterocycles. The maximum absolute atomic E-state index is 12.5. The Morgan fingerprint density at radius 1 is 1.17 bits per heavy atom. The molecule has 1 aromatic carbocycles. The van der Waals surface area contributed by atoms with Crippen molar-refractivity contribution in [3.8, 4) is 5.75 Å². The van der Waals surface area contributed by atoms with E-state index in [1.807, 2.05) is 25.1 Å². The van der Waals surface area contributed by atoms with Crippen molar-refractivity contribution < 1.29 is 14.3 Å². The number of carbonyl (C=O) groups excluding carboxylic acids is 2. The van der Waals surface area contributed by atoms with Gasteiger partial charge in [-0.15, -0.1) is 0 Å². The van der Waals surface area contributed by atoms with Crippen LogP contribution >= 0.6 is 0 Å². The predicted octanol–water partition coefficient (Wildman–Crippen LogP) is 0.849. The average Bonchev–Trinajstić information content (AvgIpc) is 2.54. The molecule has 1 aromatic rings. The Labute approximate surface area is 141 Å². The number of para-hydroxylation sites is 1. The van der Waals surface area contributed by atoms with Crippen LogP contribution in [-0.2, 0) is 4.79 Å². The van der Waals surface area contributed by atoms with Crippen molar-refractivity contribution in [2.45, 2.75) is 19.4 Å². The molecule has 2 aliphatic heterocycles. The molecule has 0 bridgehead atoms. The Morgan fingerprint density at radius 3 is 2.71 bits per heavy atom. The Morgan fingerprint density at radius 2 is 1.96 bits per heavy atom. The van der Waals surface area contributed by atoms with Gasteiger partial charge in [0.1, 0.15) is 12.4 Å². The first-order chi connectivity index (χ1) is 11.6. The fraction of sp³-hybridized carbons (Fsp3) is 0.444. The van der Waals surface area contributed by atoms with E-state index < -0.39 is 0 Å². The molecule has 2 heterocycles. The largest absolute Gasteiger partial charge is 0.489 e. The van der Waals surface area contributed by atoms with Gasteiger partial charge in [0.15, 0.2) is 0 Å². The number of rotatable bonds is 0. The first-order valence-electron chi connectivity index (χ1n) is 8.27. The first-order valence-corrected chi connectivity index (χ1v) is 8.27. The van der Waals surface area contributed by atoms with Crippen LogP contribution in [0.5, 0.6) is 5.75 Å². The summed E-state index contributed by atoms with van der Waals surface area (Å²) >= 11 is 0. The highest BCUT2D eigenvalue weighted by Gasteiger charge is 2.43. The number of hydrogen-bond acceptors (Lipinski definition) is 4. The van der Waals surface area contributed by atoms with Gasteiger partial charge >= 0.3 is 0 Å². The van der Waals surface area contributed by atoms with E-state index in [2.05, 4.69) is 16.0 Å². The summed E-state index contributed by atoms with van der Waals surface area (Å²) in [4.78, 5) is 24.9. The summed E-state index contributed by atoms with van der Waals surface area (Å²) in [5.74, 6) is 0.395. The smallest absolute Gasteiger partial charge is 0.255 e. The summed E-state index contributed by atoms with van der Waals surface area (Å²) in [5, 5.41) is 9.04. The molecular weight excluding hydrogens is 306 g/mol. The van der Waals surface area contributed by atoms with Gasteiger partial charge in [0, 0.05) is 25.7 Å². The molecule has 6 nitrogen and oxygen atoms in total. The van der Waals surface area contributed by atoms with E-state index in [-0.39, 0.29) is 23.3 Å². The van der Waals surface area contributed by atoms with Crippen molar-refractivity contribution in [3.63, 3.8) is 0 Å². The van der Waals surface area contributed by atoms with Crippen molar-refractivity contribution in [1.29, 1.82) is 0 Å². The van der Waals surface area contributed by atoms with E-state index >= 15 is 0 Å². The van der Waals surface area contributed by atoms with E-state index in [0.29, 0.717) is 44.0 Å². The van der Waals surface area contributed by atoms with Gasteiger partial charge < -0.3 is 20.7 Å². The van der Waals surface area contributed by atoms with Gasteiger partial charge in [0.2, 0.25) is 5.91 Å². The molecule has 2 aliphatic rings. The summed E-state index contributed by atoms with van der Waals surface area (Å²) in [6.45, 7) is 3.99. The number of hydrogen-bond donors (Lipinski definition) is 3. The Hall–Kier alpha value is -2.34. The quantitative estimate of drug-likeness (QED) is 0.617. The standard InChI is InChI=1S/C18H23N3O3/c1-13-10-20-17(23)18(11-19-12-18)8-4-5-9-24-15-7-3-2-6-14(15)16(22)21-13/h2-7,13,19H,8-12H2,1H3,(H,20,23)(H,21,22)/b5-4+/t13-/m0/s1. The molecule has 0 unspecified atom stereocenters. The molecule has 0 aliphatic carbocycles. The van der Waals surface area contributed by atoms with Crippen molar-refractivity contribution in [2.75, 3.05) is 26.2 Å². The third-order valence-electron chi connectivity index (χ3n) is 4.50. The van der Waals surface area contributed by atoms with Crippen LogP contribution in [-0.4, -0.2) is 44.1 Å². The van der Waals surface area contributed by atoms with E-state index in [1.165, 1.54) is 0 Å². The third-order valence-corrected chi connectivity index (χ3v) is 4.50. The maximum Gasteiger partial charge on any atom is 0.255 e. The molecule has 1 spiro atoms.